The standard InChI is InChI=1S/C17H20F2N2O4S/c1-10(16(23)21-17(24)20-12-4-2-3-5-12)25-15(22)9-26-14-8-11(18)6-7-13(14)19/h6-8,10,12H,2-5,9H2,1H3,(H2,20,21,23,24)/t10-/m1/s1. The van der Waals surface area contributed by atoms with Crippen molar-refractivity contribution in [1.29, 1.82) is 0 Å². The van der Waals surface area contributed by atoms with Gasteiger partial charge in [0.2, 0.25) is 0 Å². The molecule has 0 heterocycles. The van der Waals surface area contributed by atoms with Gasteiger partial charge >= 0.3 is 12.0 Å². The van der Waals surface area contributed by atoms with Crippen LogP contribution in [0.3, 0.4) is 0 Å². The second-order valence-electron chi connectivity index (χ2n) is 5.94. The Kier molecular flexibility index (Phi) is 7.38. The Morgan fingerprint density at radius 1 is 1.27 bits per heavy atom. The third kappa shape index (κ3) is 6.29. The number of urea groups is 1. The van der Waals surface area contributed by atoms with Crippen LogP contribution < -0.4 is 10.6 Å². The normalized spacial score (nSPS) is 15.3. The third-order valence-corrected chi connectivity index (χ3v) is 4.85. The van der Waals surface area contributed by atoms with Crippen LogP contribution in [0.25, 0.3) is 0 Å². The van der Waals surface area contributed by atoms with Gasteiger partial charge in [0.1, 0.15) is 11.6 Å². The summed E-state index contributed by atoms with van der Waals surface area (Å²) < 4.78 is 31.4. The van der Waals surface area contributed by atoms with Crippen LogP contribution in [0.1, 0.15) is 32.6 Å². The molecule has 0 spiro atoms. The number of rotatable bonds is 6. The van der Waals surface area contributed by atoms with Gasteiger partial charge in [-0.25, -0.2) is 13.6 Å². The number of carbonyl (C=O) groups is 3. The van der Waals surface area contributed by atoms with E-state index in [0.717, 1.165) is 55.6 Å². The SMILES string of the molecule is C[C@@H](OC(=O)CSc1cc(F)ccc1F)C(=O)NC(=O)NC1CCCC1. The lowest BCUT2D eigenvalue weighted by Gasteiger charge is -2.15. The summed E-state index contributed by atoms with van der Waals surface area (Å²) in [4.78, 5) is 35.3. The smallest absolute Gasteiger partial charge is 0.321 e. The first-order chi connectivity index (χ1) is 12.3. The molecular weight excluding hydrogens is 366 g/mol. The van der Waals surface area contributed by atoms with Crippen LogP contribution in [-0.4, -0.2) is 35.8 Å². The van der Waals surface area contributed by atoms with E-state index in [1.54, 1.807) is 0 Å². The number of benzene rings is 1. The Labute approximate surface area is 154 Å². The van der Waals surface area contributed by atoms with E-state index >= 15 is 0 Å². The molecule has 0 radical (unpaired) electrons. The molecule has 26 heavy (non-hydrogen) atoms. The summed E-state index contributed by atoms with van der Waals surface area (Å²) >= 11 is 0.758. The molecule has 0 saturated heterocycles. The molecule has 0 aromatic heterocycles. The number of hydrogen-bond donors (Lipinski definition) is 2. The van der Waals surface area contributed by atoms with E-state index in [9.17, 15) is 23.2 Å². The van der Waals surface area contributed by atoms with Crippen molar-refractivity contribution in [2.45, 2.75) is 49.6 Å². The predicted molar refractivity (Wildman–Crippen MR) is 91.6 cm³/mol. The number of esters is 1. The minimum Gasteiger partial charge on any atom is -0.452 e. The Balaban J connectivity index is 1.73. The van der Waals surface area contributed by atoms with Crippen LogP contribution in [0.5, 0.6) is 0 Å². The predicted octanol–water partition coefficient (Wildman–Crippen LogP) is 2.76. The van der Waals surface area contributed by atoms with Crippen LogP contribution in [0.2, 0.25) is 0 Å². The number of halogens is 2. The summed E-state index contributed by atoms with van der Waals surface area (Å²) in [5.74, 6) is -3.11. The van der Waals surface area contributed by atoms with E-state index in [4.69, 9.17) is 4.74 Å². The number of amides is 3. The van der Waals surface area contributed by atoms with E-state index in [0.29, 0.717) is 0 Å². The first-order valence-corrected chi connectivity index (χ1v) is 9.22. The summed E-state index contributed by atoms with van der Waals surface area (Å²) in [5.41, 5.74) is 0. The number of imide groups is 1. The molecule has 1 fully saturated rings. The van der Waals surface area contributed by atoms with Crippen molar-refractivity contribution in [3.05, 3.63) is 29.8 Å². The topological polar surface area (TPSA) is 84.5 Å². The second-order valence-corrected chi connectivity index (χ2v) is 6.96. The third-order valence-electron chi connectivity index (χ3n) is 3.84. The number of carbonyl (C=O) groups excluding carboxylic acids is 3. The summed E-state index contributed by atoms with van der Waals surface area (Å²) in [6.45, 7) is 1.32. The monoisotopic (exact) mass is 386 g/mol. The first kappa shape index (κ1) is 20.2. The maximum absolute atomic E-state index is 13.5. The van der Waals surface area contributed by atoms with Crippen molar-refractivity contribution < 1.29 is 27.9 Å². The van der Waals surface area contributed by atoms with Crippen LogP contribution in [0.15, 0.2) is 23.1 Å². The van der Waals surface area contributed by atoms with Gasteiger partial charge in [-0.05, 0) is 38.0 Å². The molecule has 0 unspecified atom stereocenters. The summed E-state index contributed by atoms with van der Waals surface area (Å²) in [6.07, 6.45) is 2.64. The summed E-state index contributed by atoms with van der Waals surface area (Å²) in [5, 5.41) is 4.80. The minimum absolute atomic E-state index is 0.0324. The molecule has 2 rings (SSSR count). The zero-order valence-electron chi connectivity index (χ0n) is 14.2. The van der Waals surface area contributed by atoms with Crippen molar-refractivity contribution in [2.75, 3.05) is 5.75 Å². The average Bonchev–Trinajstić information content (AvgIpc) is 3.08. The van der Waals surface area contributed by atoms with Crippen molar-refractivity contribution in [2.24, 2.45) is 0 Å². The lowest BCUT2D eigenvalue weighted by molar-refractivity contribution is -0.151. The maximum atomic E-state index is 13.5. The van der Waals surface area contributed by atoms with Gasteiger partial charge in [0.05, 0.1) is 5.75 Å². The van der Waals surface area contributed by atoms with Crippen molar-refractivity contribution in [1.82, 2.24) is 10.6 Å². The highest BCUT2D eigenvalue weighted by molar-refractivity contribution is 8.00. The van der Waals surface area contributed by atoms with Crippen molar-refractivity contribution >= 4 is 29.7 Å². The van der Waals surface area contributed by atoms with Crippen LogP contribution >= 0.6 is 11.8 Å². The molecule has 2 N–H and O–H groups in total. The second kappa shape index (κ2) is 9.51. The van der Waals surface area contributed by atoms with E-state index in [-0.39, 0.29) is 16.7 Å². The van der Waals surface area contributed by atoms with Gasteiger partial charge in [0, 0.05) is 10.9 Å². The lowest BCUT2D eigenvalue weighted by Crippen LogP contribution is -2.47. The Morgan fingerprint density at radius 2 is 1.96 bits per heavy atom. The number of thioether (sulfide) groups is 1. The Hall–Kier alpha value is -2.16. The van der Waals surface area contributed by atoms with E-state index in [1.807, 2.05) is 0 Å². The van der Waals surface area contributed by atoms with Gasteiger partial charge in [-0.1, -0.05) is 12.8 Å². The van der Waals surface area contributed by atoms with Gasteiger partial charge < -0.3 is 10.1 Å². The largest absolute Gasteiger partial charge is 0.452 e. The Bertz CT molecular complexity index is 681. The highest BCUT2D eigenvalue weighted by Crippen LogP contribution is 2.22. The maximum Gasteiger partial charge on any atom is 0.321 e. The molecule has 9 heteroatoms. The van der Waals surface area contributed by atoms with Gasteiger partial charge in [-0.15, -0.1) is 11.8 Å². The average molecular weight is 386 g/mol. The molecule has 142 valence electrons. The van der Waals surface area contributed by atoms with E-state index in [1.165, 1.54) is 6.92 Å². The Morgan fingerprint density at radius 3 is 2.65 bits per heavy atom. The zero-order valence-corrected chi connectivity index (χ0v) is 15.0. The van der Waals surface area contributed by atoms with E-state index < -0.39 is 35.6 Å². The fourth-order valence-electron chi connectivity index (χ4n) is 2.51. The summed E-state index contributed by atoms with van der Waals surface area (Å²) in [6, 6.07) is 2.33. The lowest BCUT2D eigenvalue weighted by atomic mass is 10.2. The minimum atomic E-state index is -1.19. The molecule has 1 aromatic rings. The molecule has 6 nitrogen and oxygen atoms in total. The fourth-order valence-corrected chi connectivity index (χ4v) is 3.26. The van der Waals surface area contributed by atoms with Crippen molar-refractivity contribution in [3.8, 4) is 0 Å². The molecule has 0 bridgehead atoms. The van der Waals surface area contributed by atoms with Gasteiger partial charge in [-0.2, -0.15) is 0 Å². The van der Waals surface area contributed by atoms with E-state index in [2.05, 4.69) is 10.6 Å². The fraction of sp³-hybridized carbons (Fsp3) is 0.471. The van der Waals surface area contributed by atoms with Gasteiger partial charge in [0.25, 0.3) is 5.91 Å². The molecule has 0 aliphatic heterocycles. The van der Waals surface area contributed by atoms with Crippen LogP contribution in [0.4, 0.5) is 13.6 Å². The number of ether oxygens (including phenoxy) is 1. The molecular formula is C17H20F2N2O4S. The van der Waals surface area contributed by atoms with Crippen molar-refractivity contribution in [3.63, 3.8) is 0 Å². The molecule has 1 atom stereocenters. The van der Waals surface area contributed by atoms with Crippen LogP contribution in [-0.2, 0) is 14.3 Å². The first-order valence-electron chi connectivity index (χ1n) is 8.24. The highest BCUT2D eigenvalue weighted by atomic mass is 32.2. The number of hydrogen-bond acceptors (Lipinski definition) is 5. The summed E-state index contributed by atoms with van der Waals surface area (Å²) in [7, 11) is 0. The number of nitrogens with one attached hydrogen (secondary N) is 2. The quantitative estimate of drug-likeness (QED) is 0.580. The highest BCUT2D eigenvalue weighted by Gasteiger charge is 2.22. The molecule has 1 aromatic carbocycles. The van der Waals surface area contributed by atoms with Gasteiger partial charge in [0.15, 0.2) is 6.10 Å². The van der Waals surface area contributed by atoms with Gasteiger partial charge in [-0.3, -0.25) is 14.9 Å². The molecule has 1 aliphatic carbocycles. The van der Waals surface area contributed by atoms with Crippen LogP contribution in [0, 0.1) is 11.6 Å². The molecule has 3 amide bonds. The zero-order chi connectivity index (χ0) is 19.1. The molecule has 1 saturated carbocycles. The molecule has 1 aliphatic rings.